The number of halogens is 1. The third kappa shape index (κ3) is 3.51. The van der Waals surface area contributed by atoms with Crippen LogP contribution in [0.3, 0.4) is 0 Å². The Morgan fingerprint density at radius 3 is 2.50 bits per heavy atom. The van der Waals surface area contributed by atoms with Gasteiger partial charge in [-0.15, -0.1) is 0 Å². The zero-order valence-electron chi connectivity index (χ0n) is 10.9. The van der Waals surface area contributed by atoms with Crippen molar-refractivity contribution in [3.05, 3.63) is 58.1 Å². The van der Waals surface area contributed by atoms with Crippen molar-refractivity contribution in [1.82, 2.24) is 0 Å². The van der Waals surface area contributed by atoms with Gasteiger partial charge in [0.15, 0.2) is 0 Å². The van der Waals surface area contributed by atoms with Crippen molar-refractivity contribution in [2.75, 3.05) is 12.4 Å². The number of hydrogen-bond donors (Lipinski definition) is 2. The predicted octanol–water partition coefficient (Wildman–Crippen LogP) is 3.77. The van der Waals surface area contributed by atoms with E-state index in [4.69, 9.17) is 9.84 Å². The first-order valence-corrected chi connectivity index (χ1v) is 6.79. The van der Waals surface area contributed by atoms with Gasteiger partial charge >= 0.3 is 5.97 Å². The Bertz CT molecular complexity index is 611. The highest BCUT2D eigenvalue weighted by Crippen LogP contribution is 2.24. The first kappa shape index (κ1) is 14.4. The zero-order valence-corrected chi connectivity index (χ0v) is 12.5. The molecule has 0 heterocycles. The summed E-state index contributed by atoms with van der Waals surface area (Å²) in [7, 11) is 1.63. The lowest BCUT2D eigenvalue weighted by Gasteiger charge is -2.10. The van der Waals surface area contributed by atoms with Crippen LogP contribution in [0.2, 0.25) is 0 Å². The number of hydrogen-bond acceptors (Lipinski definition) is 3. The molecule has 0 unspecified atom stereocenters. The number of nitrogens with one attached hydrogen (secondary N) is 1. The molecule has 5 heteroatoms. The molecule has 2 aromatic carbocycles. The molecule has 0 fully saturated rings. The molecule has 0 aliphatic carbocycles. The second kappa shape index (κ2) is 6.43. The van der Waals surface area contributed by atoms with Crippen LogP contribution in [-0.4, -0.2) is 18.2 Å². The topological polar surface area (TPSA) is 58.6 Å². The van der Waals surface area contributed by atoms with E-state index in [0.717, 1.165) is 21.5 Å². The van der Waals surface area contributed by atoms with Crippen LogP contribution in [0, 0.1) is 0 Å². The molecule has 0 amide bonds. The number of anilines is 1. The van der Waals surface area contributed by atoms with Gasteiger partial charge in [0.25, 0.3) is 0 Å². The highest BCUT2D eigenvalue weighted by Gasteiger charge is 2.06. The number of carbonyl (C=O) groups is 1. The molecule has 0 saturated carbocycles. The molecule has 0 saturated heterocycles. The fourth-order valence-electron chi connectivity index (χ4n) is 1.73. The Balaban J connectivity index is 2.04. The highest BCUT2D eigenvalue weighted by atomic mass is 79.9. The minimum atomic E-state index is -0.938. The van der Waals surface area contributed by atoms with Crippen molar-refractivity contribution >= 4 is 27.6 Å². The number of methoxy groups -OCH3 is 1. The average molecular weight is 336 g/mol. The molecule has 2 N–H and O–H groups in total. The summed E-state index contributed by atoms with van der Waals surface area (Å²) >= 11 is 3.37. The number of benzene rings is 2. The van der Waals surface area contributed by atoms with Crippen LogP contribution in [0.1, 0.15) is 15.9 Å². The summed E-state index contributed by atoms with van der Waals surface area (Å²) in [5.41, 5.74) is 2.22. The van der Waals surface area contributed by atoms with Crippen LogP contribution in [0.5, 0.6) is 5.75 Å². The van der Waals surface area contributed by atoms with E-state index in [1.807, 2.05) is 24.3 Å². The van der Waals surface area contributed by atoms with Crippen molar-refractivity contribution in [2.24, 2.45) is 0 Å². The second-order valence-electron chi connectivity index (χ2n) is 4.20. The molecule has 0 aromatic heterocycles. The SMILES string of the molecule is COc1ccc(CNc2ccc(C(=O)O)cc2Br)cc1. The van der Waals surface area contributed by atoms with Crippen LogP contribution in [0.15, 0.2) is 46.9 Å². The lowest BCUT2D eigenvalue weighted by Crippen LogP contribution is -2.02. The Hall–Kier alpha value is -2.01. The normalized spacial score (nSPS) is 10.1. The molecule has 0 radical (unpaired) electrons. The molecule has 20 heavy (non-hydrogen) atoms. The van der Waals surface area contributed by atoms with Crippen LogP contribution >= 0.6 is 15.9 Å². The fourth-order valence-corrected chi connectivity index (χ4v) is 2.25. The Morgan fingerprint density at radius 1 is 1.25 bits per heavy atom. The van der Waals surface area contributed by atoms with Crippen molar-refractivity contribution in [1.29, 1.82) is 0 Å². The molecule has 0 spiro atoms. The third-order valence-corrected chi connectivity index (χ3v) is 3.51. The lowest BCUT2D eigenvalue weighted by molar-refractivity contribution is 0.0697. The van der Waals surface area contributed by atoms with Crippen molar-refractivity contribution in [3.63, 3.8) is 0 Å². The minimum Gasteiger partial charge on any atom is -0.497 e. The molecule has 0 bridgehead atoms. The van der Waals surface area contributed by atoms with Gasteiger partial charge in [-0.25, -0.2) is 4.79 Å². The van der Waals surface area contributed by atoms with E-state index in [1.165, 1.54) is 0 Å². The molecule has 2 rings (SSSR count). The van der Waals surface area contributed by atoms with E-state index in [-0.39, 0.29) is 5.56 Å². The van der Waals surface area contributed by atoms with Gasteiger partial charge in [0.1, 0.15) is 5.75 Å². The van der Waals surface area contributed by atoms with Gasteiger partial charge in [-0.05, 0) is 51.8 Å². The second-order valence-corrected chi connectivity index (χ2v) is 5.06. The van der Waals surface area contributed by atoms with Crippen molar-refractivity contribution in [3.8, 4) is 5.75 Å². The van der Waals surface area contributed by atoms with E-state index in [9.17, 15) is 4.79 Å². The molecule has 4 nitrogen and oxygen atoms in total. The largest absolute Gasteiger partial charge is 0.497 e. The van der Waals surface area contributed by atoms with E-state index in [2.05, 4.69) is 21.2 Å². The van der Waals surface area contributed by atoms with E-state index in [0.29, 0.717) is 6.54 Å². The van der Waals surface area contributed by atoms with Crippen LogP contribution in [0.4, 0.5) is 5.69 Å². The predicted molar refractivity (Wildman–Crippen MR) is 81.4 cm³/mol. The maximum Gasteiger partial charge on any atom is 0.335 e. The van der Waals surface area contributed by atoms with Crippen molar-refractivity contribution in [2.45, 2.75) is 6.54 Å². The number of ether oxygens (including phenoxy) is 1. The summed E-state index contributed by atoms with van der Waals surface area (Å²) in [4.78, 5) is 10.9. The van der Waals surface area contributed by atoms with E-state index < -0.39 is 5.97 Å². The number of carboxylic acids is 1. The molecule has 104 valence electrons. The Morgan fingerprint density at radius 2 is 1.95 bits per heavy atom. The number of aromatic carboxylic acids is 1. The molecule has 2 aromatic rings. The first-order chi connectivity index (χ1) is 9.60. The summed E-state index contributed by atoms with van der Waals surface area (Å²) in [6.07, 6.45) is 0. The zero-order chi connectivity index (χ0) is 14.5. The monoisotopic (exact) mass is 335 g/mol. The average Bonchev–Trinajstić information content (AvgIpc) is 2.46. The minimum absolute atomic E-state index is 0.256. The summed E-state index contributed by atoms with van der Waals surface area (Å²) in [5, 5.41) is 12.2. The van der Waals surface area contributed by atoms with Gasteiger partial charge in [-0.3, -0.25) is 0 Å². The maximum atomic E-state index is 10.9. The Kier molecular flexibility index (Phi) is 4.63. The fraction of sp³-hybridized carbons (Fsp3) is 0.133. The molecule has 0 atom stereocenters. The van der Waals surface area contributed by atoms with Gasteiger partial charge in [0, 0.05) is 16.7 Å². The van der Waals surface area contributed by atoms with Gasteiger partial charge in [0.05, 0.1) is 12.7 Å². The molecular formula is C15H14BrNO3. The molecule has 0 aliphatic heterocycles. The third-order valence-electron chi connectivity index (χ3n) is 2.86. The quantitative estimate of drug-likeness (QED) is 0.873. The summed E-state index contributed by atoms with van der Waals surface area (Å²) in [5.74, 6) is -0.117. The summed E-state index contributed by atoms with van der Waals surface area (Å²) in [6, 6.07) is 12.7. The van der Waals surface area contributed by atoms with E-state index in [1.54, 1.807) is 25.3 Å². The molecular weight excluding hydrogens is 322 g/mol. The van der Waals surface area contributed by atoms with Crippen LogP contribution < -0.4 is 10.1 Å². The maximum absolute atomic E-state index is 10.9. The first-order valence-electron chi connectivity index (χ1n) is 6.00. The number of rotatable bonds is 5. The van der Waals surface area contributed by atoms with Crippen LogP contribution in [0.25, 0.3) is 0 Å². The lowest BCUT2D eigenvalue weighted by atomic mass is 10.2. The summed E-state index contributed by atoms with van der Waals surface area (Å²) in [6.45, 7) is 0.648. The van der Waals surface area contributed by atoms with Gasteiger partial charge < -0.3 is 15.2 Å². The smallest absolute Gasteiger partial charge is 0.335 e. The van der Waals surface area contributed by atoms with Crippen molar-refractivity contribution < 1.29 is 14.6 Å². The van der Waals surface area contributed by atoms with Gasteiger partial charge in [-0.2, -0.15) is 0 Å². The van der Waals surface area contributed by atoms with E-state index >= 15 is 0 Å². The molecule has 0 aliphatic rings. The van der Waals surface area contributed by atoms with Gasteiger partial charge in [0.2, 0.25) is 0 Å². The standard InChI is InChI=1S/C15H14BrNO3/c1-20-12-5-2-10(3-6-12)9-17-14-7-4-11(15(18)19)8-13(14)16/h2-8,17H,9H2,1H3,(H,18,19). The Labute approximate surface area is 125 Å². The number of carboxylic acid groups (broad SMARTS) is 1. The summed E-state index contributed by atoms with van der Waals surface area (Å²) < 4.78 is 5.83. The van der Waals surface area contributed by atoms with Crippen LogP contribution in [-0.2, 0) is 6.54 Å². The highest BCUT2D eigenvalue weighted by molar-refractivity contribution is 9.10. The van der Waals surface area contributed by atoms with Gasteiger partial charge in [-0.1, -0.05) is 12.1 Å².